The number of hydrogen-bond donors (Lipinski definition) is 2. The van der Waals surface area contributed by atoms with E-state index in [1.807, 2.05) is 25.7 Å². The Balaban J connectivity index is 2.32. The minimum atomic E-state index is -0.452. The molecule has 104 valence electrons. The fraction of sp³-hybridized carbons (Fsp3) is 0.846. The molecule has 0 atom stereocenters. The molecule has 3 N–H and O–H groups in total. The third-order valence-corrected chi connectivity index (χ3v) is 3.38. The molecule has 0 saturated carbocycles. The lowest BCUT2D eigenvalue weighted by molar-refractivity contribution is -0.136. The van der Waals surface area contributed by atoms with Crippen LogP contribution in [0.15, 0.2) is 0 Å². The van der Waals surface area contributed by atoms with Crippen molar-refractivity contribution in [2.45, 2.75) is 33.6 Å². The number of piperidine rings is 1. The number of nitrogens with one attached hydrogen (secondary N) is 1. The standard InChI is InChI=1S/C13H25N3O2/c1-13(2,3)12(18)15-9-11(17)16-6-4-10(8-14)5-7-16/h10H,4-9,14H2,1-3H3,(H,15,18). The zero-order valence-corrected chi connectivity index (χ0v) is 11.7. The molecule has 5 heteroatoms. The van der Waals surface area contributed by atoms with E-state index in [-0.39, 0.29) is 18.4 Å². The minimum absolute atomic E-state index is 0.00284. The van der Waals surface area contributed by atoms with Crippen molar-refractivity contribution in [2.75, 3.05) is 26.2 Å². The van der Waals surface area contributed by atoms with Crippen molar-refractivity contribution in [3.8, 4) is 0 Å². The summed E-state index contributed by atoms with van der Waals surface area (Å²) in [4.78, 5) is 25.4. The van der Waals surface area contributed by atoms with Crippen LogP contribution in [0.3, 0.4) is 0 Å². The summed E-state index contributed by atoms with van der Waals surface area (Å²) < 4.78 is 0. The maximum Gasteiger partial charge on any atom is 0.241 e. The highest BCUT2D eigenvalue weighted by atomic mass is 16.2. The van der Waals surface area contributed by atoms with Crippen LogP contribution < -0.4 is 11.1 Å². The largest absolute Gasteiger partial charge is 0.347 e. The van der Waals surface area contributed by atoms with Gasteiger partial charge in [-0.05, 0) is 25.3 Å². The predicted octanol–water partition coefficient (Wildman–Crippen LogP) is 0.346. The number of nitrogens with zero attached hydrogens (tertiary/aromatic N) is 1. The Morgan fingerprint density at radius 3 is 2.28 bits per heavy atom. The fourth-order valence-electron chi connectivity index (χ4n) is 1.95. The molecular formula is C13H25N3O2. The first-order valence-corrected chi connectivity index (χ1v) is 6.60. The normalized spacial score (nSPS) is 17.7. The molecule has 0 unspecified atom stereocenters. The summed E-state index contributed by atoms with van der Waals surface area (Å²) in [7, 11) is 0. The number of nitrogens with two attached hydrogens (primary N) is 1. The first-order valence-electron chi connectivity index (χ1n) is 6.60. The molecule has 5 nitrogen and oxygen atoms in total. The van der Waals surface area contributed by atoms with E-state index in [1.54, 1.807) is 0 Å². The van der Waals surface area contributed by atoms with Gasteiger partial charge in [-0.3, -0.25) is 9.59 Å². The molecular weight excluding hydrogens is 230 g/mol. The van der Waals surface area contributed by atoms with Gasteiger partial charge in [0.1, 0.15) is 0 Å². The van der Waals surface area contributed by atoms with Crippen molar-refractivity contribution in [1.29, 1.82) is 0 Å². The highest BCUT2D eigenvalue weighted by Crippen LogP contribution is 2.16. The fourth-order valence-corrected chi connectivity index (χ4v) is 1.95. The number of carbonyl (C=O) groups excluding carboxylic acids is 2. The van der Waals surface area contributed by atoms with Crippen molar-refractivity contribution < 1.29 is 9.59 Å². The summed E-state index contributed by atoms with van der Waals surface area (Å²) in [6.07, 6.45) is 1.94. The van der Waals surface area contributed by atoms with Crippen molar-refractivity contribution in [3.63, 3.8) is 0 Å². The summed E-state index contributed by atoms with van der Waals surface area (Å²) in [5.74, 6) is 0.453. The van der Waals surface area contributed by atoms with Gasteiger partial charge in [0.05, 0.1) is 6.54 Å². The second-order valence-electron chi connectivity index (χ2n) is 5.99. The van der Waals surface area contributed by atoms with Gasteiger partial charge < -0.3 is 16.0 Å². The van der Waals surface area contributed by atoms with E-state index in [1.165, 1.54) is 0 Å². The number of carbonyl (C=O) groups is 2. The summed E-state index contributed by atoms with van der Waals surface area (Å²) in [6, 6.07) is 0. The zero-order chi connectivity index (χ0) is 13.8. The van der Waals surface area contributed by atoms with E-state index < -0.39 is 5.41 Å². The Hall–Kier alpha value is -1.10. The highest BCUT2D eigenvalue weighted by molar-refractivity contribution is 5.87. The molecule has 2 amide bonds. The van der Waals surface area contributed by atoms with Crippen molar-refractivity contribution >= 4 is 11.8 Å². The molecule has 0 bridgehead atoms. The molecule has 18 heavy (non-hydrogen) atoms. The van der Waals surface area contributed by atoms with Gasteiger partial charge in [0.2, 0.25) is 11.8 Å². The smallest absolute Gasteiger partial charge is 0.241 e. The quantitative estimate of drug-likeness (QED) is 0.764. The van der Waals surface area contributed by atoms with Gasteiger partial charge in [-0.1, -0.05) is 20.8 Å². The molecule has 0 aromatic rings. The van der Waals surface area contributed by atoms with Crippen LogP contribution in [0.2, 0.25) is 0 Å². The monoisotopic (exact) mass is 255 g/mol. The van der Waals surface area contributed by atoms with Gasteiger partial charge in [0.25, 0.3) is 0 Å². The van der Waals surface area contributed by atoms with Gasteiger partial charge in [-0.25, -0.2) is 0 Å². The lowest BCUT2D eigenvalue weighted by Crippen LogP contribution is -2.46. The topological polar surface area (TPSA) is 75.4 Å². The van der Waals surface area contributed by atoms with E-state index in [0.29, 0.717) is 12.5 Å². The maximum atomic E-state index is 11.9. The van der Waals surface area contributed by atoms with Crippen LogP contribution >= 0.6 is 0 Å². The van der Waals surface area contributed by atoms with E-state index in [9.17, 15) is 9.59 Å². The average molecular weight is 255 g/mol. The lowest BCUT2D eigenvalue weighted by Gasteiger charge is -2.31. The van der Waals surface area contributed by atoms with Crippen LogP contribution in [-0.2, 0) is 9.59 Å². The summed E-state index contributed by atoms with van der Waals surface area (Å²) in [6.45, 7) is 7.81. The van der Waals surface area contributed by atoms with Crippen molar-refractivity contribution in [1.82, 2.24) is 10.2 Å². The van der Waals surface area contributed by atoms with Gasteiger partial charge in [0.15, 0.2) is 0 Å². The Morgan fingerprint density at radius 1 is 1.28 bits per heavy atom. The van der Waals surface area contributed by atoms with Gasteiger partial charge in [-0.15, -0.1) is 0 Å². The molecule has 0 aromatic carbocycles. The molecule has 1 aliphatic rings. The molecule has 0 aliphatic carbocycles. The lowest BCUT2D eigenvalue weighted by atomic mass is 9.95. The van der Waals surface area contributed by atoms with Gasteiger partial charge in [0, 0.05) is 18.5 Å². The van der Waals surface area contributed by atoms with Crippen LogP contribution in [-0.4, -0.2) is 42.9 Å². The average Bonchev–Trinajstić information content (AvgIpc) is 2.34. The van der Waals surface area contributed by atoms with E-state index >= 15 is 0 Å². The van der Waals surface area contributed by atoms with Crippen LogP contribution in [0.25, 0.3) is 0 Å². The SMILES string of the molecule is CC(C)(C)C(=O)NCC(=O)N1CCC(CN)CC1. The number of hydrogen-bond acceptors (Lipinski definition) is 3. The maximum absolute atomic E-state index is 11.9. The Morgan fingerprint density at radius 2 is 1.83 bits per heavy atom. The van der Waals surface area contributed by atoms with Crippen LogP contribution in [0, 0.1) is 11.3 Å². The number of likely N-dealkylation sites (tertiary alicyclic amines) is 1. The molecule has 1 aliphatic heterocycles. The van der Waals surface area contributed by atoms with Crippen LogP contribution in [0.5, 0.6) is 0 Å². The molecule has 0 spiro atoms. The molecule has 1 saturated heterocycles. The van der Waals surface area contributed by atoms with E-state index in [4.69, 9.17) is 5.73 Å². The first-order chi connectivity index (χ1) is 8.34. The molecule has 1 rings (SSSR count). The van der Waals surface area contributed by atoms with Gasteiger partial charge in [-0.2, -0.15) is 0 Å². The highest BCUT2D eigenvalue weighted by Gasteiger charge is 2.24. The minimum Gasteiger partial charge on any atom is -0.347 e. The second kappa shape index (κ2) is 6.18. The molecule has 0 aromatic heterocycles. The predicted molar refractivity (Wildman–Crippen MR) is 70.8 cm³/mol. The molecule has 1 heterocycles. The van der Waals surface area contributed by atoms with Crippen molar-refractivity contribution in [3.05, 3.63) is 0 Å². The third-order valence-electron chi connectivity index (χ3n) is 3.38. The number of amides is 2. The van der Waals surface area contributed by atoms with Crippen LogP contribution in [0.4, 0.5) is 0 Å². The number of rotatable bonds is 3. The zero-order valence-electron chi connectivity index (χ0n) is 11.7. The summed E-state index contributed by atoms with van der Waals surface area (Å²) >= 11 is 0. The summed E-state index contributed by atoms with van der Waals surface area (Å²) in [5.41, 5.74) is 5.16. The third kappa shape index (κ3) is 4.29. The van der Waals surface area contributed by atoms with Crippen LogP contribution in [0.1, 0.15) is 33.6 Å². The first kappa shape index (κ1) is 15.0. The summed E-state index contributed by atoms with van der Waals surface area (Å²) in [5, 5.41) is 2.69. The molecule has 1 fully saturated rings. The molecule has 0 radical (unpaired) electrons. The van der Waals surface area contributed by atoms with E-state index in [0.717, 1.165) is 25.9 Å². The Labute approximate surface area is 109 Å². The Bertz CT molecular complexity index is 302. The second-order valence-corrected chi connectivity index (χ2v) is 5.99. The van der Waals surface area contributed by atoms with Gasteiger partial charge >= 0.3 is 0 Å². The Kier molecular flexibility index (Phi) is 5.14. The van der Waals surface area contributed by atoms with E-state index in [2.05, 4.69) is 5.32 Å². The van der Waals surface area contributed by atoms with Crippen molar-refractivity contribution in [2.24, 2.45) is 17.1 Å².